The molecule has 1 saturated heterocycles. The topological polar surface area (TPSA) is 103 Å². The van der Waals surface area contributed by atoms with Crippen LogP contribution >= 0.6 is 0 Å². The minimum absolute atomic E-state index is 0.0539. The Morgan fingerprint density at radius 2 is 1.77 bits per heavy atom. The highest BCUT2D eigenvalue weighted by molar-refractivity contribution is 5.98. The van der Waals surface area contributed by atoms with Crippen LogP contribution in [0.4, 0.5) is 10.5 Å². The van der Waals surface area contributed by atoms with Crippen molar-refractivity contribution in [3.8, 4) is 5.75 Å². The first kappa shape index (κ1) is 23.1. The van der Waals surface area contributed by atoms with E-state index in [4.69, 9.17) is 9.47 Å². The summed E-state index contributed by atoms with van der Waals surface area (Å²) in [5.74, 6) is -0.763. The second-order valence-electron chi connectivity index (χ2n) is 7.68. The van der Waals surface area contributed by atoms with Gasteiger partial charge in [0.05, 0.1) is 26.8 Å². The van der Waals surface area contributed by atoms with E-state index >= 15 is 0 Å². The van der Waals surface area contributed by atoms with Crippen LogP contribution in [0.25, 0.3) is 0 Å². The number of carbonyl (C=O) groups is 3. The molecule has 1 amide bonds. The van der Waals surface area contributed by atoms with Gasteiger partial charge in [0.25, 0.3) is 0 Å². The molecule has 0 spiro atoms. The van der Waals surface area contributed by atoms with Crippen LogP contribution in [0, 0.1) is 0 Å². The molecule has 1 aromatic rings. The van der Waals surface area contributed by atoms with Crippen LogP contribution in [0.1, 0.15) is 27.2 Å². The second kappa shape index (κ2) is 10.00. The Labute approximate surface area is 175 Å². The number of rotatable bonds is 6. The molecule has 1 N–H and O–H groups in total. The average Bonchev–Trinajstić information content (AvgIpc) is 3.15. The first-order valence-electron chi connectivity index (χ1n) is 9.51. The minimum atomic E-state index is -0.700. The van der Waals surface area contributed by atoms with Gasteiger partial charge >= 0.3 is 18.0 Å². The zero-order valence-corrected chi connectivity index (χ0v) is 17.9. The molecule has 30 heavy (non-hydrogen) atoms. The first-order valence-corrected chi connectivity index (χ1v) is 9.51. The summed E-state index contributed by atoms with van der Waals surface area (Å²) in [6.07, 6.45) is 1.23. The lowest BCUT2D eigenvalue weighted by molar-refractivity contribution is -0.138. The molecule has 9 heteroatoms. The van der Waals surface area contributed by atoms with E-state index in [9.17, 15) is 14.4 Å². The van der Waals surface area contributed by atoms with E-state index in [0.29, 0.717) is 30.9 Å². The third-order valence-electron chi connectivity index (χ3n) is 4.10. The number of carbonyl (C=O) groups excluding carboxylic acids is 3. The maximum Gasteiger partial charge on any atom is 0.410 e. The summed E-state index contributed by atoms with van der Waals surface area (Å²) in [6.45, 7) is 6.51. The van der Waals surface area contributed by atoms with E-state index in [1.54, 1.807) is 29.2 Å². The Bertz CT molecular complexity index is 797. The van der Waals surface area contributed by atoms with Gasteiger partial charge in [0.1, 0.15) is 23.2 Å². The lowest BCUT2D eigenvalue weighted by atomic mass is 10.2. The van der Waals surface area contributed by atoms with Gasteiger partial charge in [0, 0.05) is 18.7 Å². The van der Waals surface area contributed by atoms with Crippen molar-refractivity contribution in [2.75, 3.05) is 32.6 Å². The second-order valence-corrected chi connectivity index (χ2v) is 7.68. The van der Waals surface area contributed by atoms with E-state index in [1.165, 1.54) is 14.2 Å². The van der Waals surface area contributed by atoms with Gasteiger partial charge in [-0.15, -0.1) is 0 Å². The van der Waals surface area contributed by atoms with E-state index in [0.717, 1.165) is 6.08 Å². The maximum atomic E-state index is 12.1. The highest BCUT2D eigenvalue weighted by atomic mass is 16.6. The van der Waals surface area contributed by atoms with Gasteiger partial charge < -0.3 is 29.2 Å². The summed E-state index contributed by atoms with van der Waals surface area (Å²) in [6, 6.07) is 6.85. The smallest absolute Gasteiger partial charge is 0.410 e. The number of nitrogens with zero attached hydrogens (tertiary/aromatic N) is 1. The molecule has 164 valence electrons. The van der Waals surface area contributed by atoms with Crippen molar-refractivity contribution in [2.24, 2.45) is 0 Å². The number of methoxy groups -OCH3 is 2. The van der Waals surface area contributed by atoms with Crippen molar-refractivity contribution in [3.63, 3.8) is 0 Å². The average molecular weight is 420 g/mol. The Hall–Kier alpha value is -3.23. The minimum Gasteiger partial charge on any atom is -0.489 e. The standard InChI is InChI=1S/C21H28N2O7/c1-21(2,3)30-20(26)23-11-10-16(13-23)29-15-8-6-14(7-9-15)22-17(19(25)28-5)12-18(24)27-4/h6-9,12,16,22H,10-11,13H2,1-5H3/b17-12+. The van der Waals surface area contributed by atoms with Crippen molar-refractivity contribution in [3.05, 3.63) is 36.0 Å². The Morgan fingerprint density at radius 1 is 1.10 bits per heavy atom. The molecule has 1 aliphatic heterocycles. The molecule has 1 heterocycles. The summed E-state index contributed by atoms with van der Waals surface area (Å²) >= 11 is 0. The van der Waals surface area contributed by atoms with Crippen molar-refractivity contribution >= 4 is 23.7 Å². The Kier molecular flexibility index (Phi) is 7.68. The predicted octanol–water partition coefficient (Wildman–Crippen LogP) is 2.72. The molecule has 0 aliphatic carbocycles. The fourth-order valence-electron chi connectivity index (χ4n) is 2.71. The molecule has 2 rings (SSSR count). The molecule has 1 aliphatic rings. The van der Waals surface area contributed by atoms with E-state index in [2.05, 4.69) is 14.8 Å². The molecular formula is C21H28N2O7. The molecule has 1 atom stereocenters. The quantitative estimate of drug-likeness (QED) is 0.426. The van der Waals surface area contributed by atoms with Gasteiger partial charge in [-0.1, -0.05) is 0 Å². The molecule has 9 nitrogen and oxygen atoms in total. The number of esters is 2. The molecule has 0 aromatic heterocycles. The highest BCUT2D eigenvalue weighted by Gasteiger charge is 2.30. The highest BCUT2D eigenvalue weighted by Crippen LogP contribution is 2.22. The largest absolute Gasteiger partial charge is 0.489 e. The number of anilines is 1. The monoisotopic (exact) mass is 420 g/mol. The number of likely N-dealkylation sites (tertiary alicyclic amines) is 1. The van der Waals surface area contributed by atoms with Crippen LogP contribution in [0.3, 0.4) is 0 Å². The normalized spacial score (nSPS) is 16.6. The third-order valence-corrected chi connectivity index (χ3v) is 4.10. The molecule has 0 saturated carbocycles. The van der Waals surface area contributed by atoms with Crippen molar-refractivity contribution in [1.82, 2.24) is 4.90 Å². The summed E-state index contributed by atoms with van der Waals surface area (Å²) in [5.41, 5.74) is -0.0314. The van der Waals surface area contributed by atoms with Gasteiger partial charge in [-0.3, -0.25) is 0 Å². The summed E-state index contributed by atoms with van der Waals surface area (Å²) in [7, 11) is 2.43. The van der Waals surface area contributed by atoms with Crippen molar-refractivity contribution in [2.45, 2.75) is 38.9 Å². The molecular weight excluding hydrogens is 392 g/mol. The fourth-order valence-corrected chi connectivity index (χ4v) is 2.71. The summed E-state index contributed by atoms with van der Waals surface area (Å²) in [4.78, 5) is 37.0. The number of amides is 1. The van der Waals surface area contributed by atoms with Crippen LogP contribution in [0.15, 0.2) is 36.0 Å². The van der Waals surface area contributed by atoms with Crippen molar-refractivity contribution < 1.29 is 33.3 Å². The first-order chi connectivity index (χ1) is 14.1. The lowest BCUT2D eigenvalue weighted by Crippen LogP contribution is -2.36. The van der Waals surface area contributed by atoms with Crippen LogP contribution in [-0.2, 0) is 23.8 Å². The number of benzene rings is 1. The number of nitrogens with one attached hydrogen (secondary N) is 1. The predicted molar refractivity (Wildman–Crippen MR) is 109 cm³/mol. The van der Waals surface area contributed by atoms with Gasteiger partial charge in [-0.2, -0.15) is 0 Å². The van der Waals surface area contributed by atoms with Gasteiger partial charge in [-0.25, -0.2) is 14.4 Å². The number of ether oxygens (including phenoxy) is 4. The fraction of sp³-hybridized carbons (Fsp3) is 0.476. The van der Waals surface area contributed by atoms with Crippen molar-refractivity contribution in [1.29, 1.82) is 0 Å². The molecule has 1 unspecified atom stereocenters. The zero-order chi connectivity index (χ0) is 22.3. The summed E-state index contributed by atoms with van der Waals surface area (Å²) in [5, 5.41) is 2.82. The van der Waals surface area contributed by atoms with E-state index in [-0.39, 0.29) is 17.9 Å². The Balaban J connectivity index is 1.95. The van der Waals surface area contributed by atoms with E-state index < -0.39 is 17.5 Å². The zero-order valence-electron chi connectivity index (χ0n) is 17.9. The summed E-state index contributed by atoms with van der Waals surface area (Å²) < 4.78 is 20.5. The van der Waals surface area contributed by atoms with Gasteiger partial charge in [-0.05, 0) is 45.0 Å². The van der Waals surface area contributed by atoms with Crippen LogP contribution < -0.4 is 10.1 Å². The van der Waals surface area contributed by atoms with Gasteiger partial charge in [0.15, 0.2) is 0 Å². The SMILES string of the molecule is COC(=O)/C=C(/Nc1ccc(OC2CCN(C(=O)OC(C)(C)C)C2)cc1)C(=O)OC. The number of hydrogen-bond donors (Lipinski definition) is 1. The van der Waals surface area contributed by atoms with E-state index in [1.807, 2.05) is 20.8 Å². The molecule has 0 radical (unpaired) electrons. The maximum absolute atomic E-state index is 12.1. The number of hydrogen-bond acceptors (Lipinski definition) is 8. The lowest BCUT2D eigenvalue weighted by Gasteiger charge is -2.24. The molecule has 1 aromatic carbocycles. The Morgan fingerprint density at radius 3 is 2.33 bits per heavy atom. The van der Waals surface area contributed by atoms with Crippen LogP contribution in [0.5, 0.6) is 5.75 Å². The van der Waals surface area contributed by atoms with Gasteiger partial charge in [0.2, 0.25) is 0 Å². The third kappa shape index (κ3) is 6.98. The van der Waals surface area contributed by atoms with Crippen LogP contribution in [-0.4, -0.2) is 61.9 Å². The van der Waals surface area contributed by atoms with Crippen LogP contribution in [0.2, 0.25) is 0 Å². The molecule has 1 fully saturated rings. The molecule has 0 bridgehead atoms.